The van der Waals surface area contributed by atoms with Gasteiger partial charge in [-0.05, 0) is 24.6 Å². The van der Waals surface area contributed by atoms with Gasteiger partial charge in [0.2, 0.25) is 0 Å². The average molecular weight is 370 g/mol. The third-order valence-corrected chi connectivity index (χ3v) is 5.15. The number of aryl methyl sites for hydroxylation is 2. The van der Waals surface area contributed by atoms with Crippen LogP contribution >= 0.6 is 11.3 Å². The number of fused-ring (bicyclic) bond motifs is 1. The van der Waals surface area contributed by atoms with Crippen LogP contribution in [0.25, 0.3) is 10.2 Å². The van der Waals surface area contributed by atoms with Crippen LogP contribution in [0.4, 0.5) is 0 Å². The molecule has 3 rings (SSSR count). The summed E-state index contributed by atoms with van der Waals surface area (Å²) in [5.74, 6) is -0.466. The number of hydrogen-bond acceptors (Lipinski definition) is 5. The van der Waals surface area contributed by atoms with Crippen LogP contribution in [0.3, 0.4) is 0 Å². The third-order valence-electron chi connectivity index (χ3n) is 3.95. The molecule has 0 unspecified atom stereocenters. The number of carbonyl (C=O) groups is 2. The molecule has 0 atom stereocenters. The molecule has 26 heavy (non-hydrogen) atoms. The Balaban J connectivity index is 1.61. The van der Waals surface area contributed by atoms with E-state index < -0.39 is 0 Å². The summed E-state index contributed by atoms with van der Waals surface area (Å²) >= 11 is 1.19. The molecule has 8 heteroatoms. The Kier molecular flexibility index (Phi) is 5.13. The molecular weight excluding hydrogens is 352 g/mol. The minimum atomic E-state index is -0.276. The van der Waals surface area contributed by atoms with E-state index in [9.17, 15) is 14.4 Å². The molecule has 0 aliphatic carbocycles. The van der Waals surface area contributed by atoms with Crippen molar-refractivity contribution in [2.24, 2.45) is 7.05 Å². The Morgan fingerprint density at radius 3 is 2.46 bits per heavy atom. The first-order valence-corrected chi connectivity index (χ1v) is 8.87. The van der Waals surface area contributed by atoms with E-state index in [1.807, 2.05) is 6.07 Å². The molecule has 0 radical (unpaired) electrons. The lowest BCUT2D eigenvalue weighted by Crippen LogP contribution is -2.34. The fourth-order valence-electron chi connectivity index (χ4n) is 2.55. The van der Waals surface area contributed by atoms with Crippen molar-refractivity contribution in [3.05, 3.63) is 63.0 Å². The van der Waals surface area contributed by atoms with Crippen LogP contribution in [0, 0.1) is 6.92 Å². The summed E-state index contributed by atoms with van der Waals surface area (Å²) in [6.45, 7) is 2.34. The van der Waals surface area contributed by atoms with Crippen molar-refractivity contribution < 1.29 is 9.59 Å². The Bertz CT molecular complexity index is 1020. The lowest BCUT2D eigenvalue weighted by atomic mass is 10.2. The standard InChI is InChI=1S/C18H18N4O3S/c1-11-13-17(21-10-22(2)18(13)25)26-14(11)16(24)20-9-8-19-15(23)12-6-4-3-5-7-12/h3-7,10H,8-9H2,1-2H3,(H,19,23)(H,20,24). The van der Waals surface area contributed by atoms with Crippen LogP contribution in [0.15, 0.2) is 41.5 Å². The normalized spacial score (nSPS) is 10.7. The van der Waals surface area contributed by atoms with E-state index in [0.717, 1.165) is 0 Å². The zero-order chi connectivity index (χ0) is 18.7. The molecule has 0 saturated carbocycles. The highest BCUT2D eigenvalue weighted by molar-refractivity contribution is 7.20. The molecule has 0 aliphatic rings. The number of nitrogens with zero attached hydrogens (tertiary/aromatic N) is 2. The first-order valence-electron chi connectivity index (χ1n) is 8.05. The number of aromatic nitrogens is 2. The number of amides is 2. The number of carbonyl (C=O) groups excluding carboxylic acids is 2. The lowest BCUT2D eigenvalue weighted by molar-refractivity contribution is 0.0929. The van der Waals surface area contributed by atoms with Crippen molar-refractivity contribution in [1.29, 1.82) is 0 Å². The van der Waals surface area contributed by atoms with Crippen molar-refractivity contribution >= 4 is 33.4 Å². The number of thiophene rings is 1. The fraction of sp³-hybridized carbons (Fsp3) is 0.222. The maximum atomic E-state index is 12.4. The summed E-state index contributed by atoms with van der Waals surface area (Å²) in [6, 6.07) is 8.87. The number of rotatable bonds is 5. The van der Waals surface area contributed by atoms with Crippen molar-refractivity contribution in [2.45, 2.75) is 6.92 Å². The molecule has 2 N–H and O–H groups in total. The van der Waals surface area contributed by atoms with E-state index in [1.165, 1.54) is 22.2 Å². The molecular formula is C18H18N4O3S. The number of hydrogen-bond donors (Lipinski definition) is 2. The number of nitrogens with one attached hydrogen (secondary N) is 2. The van der Waals surface area contributed by atoms with Crippen molar-refractivity contribution in [3.63, 3.8) is 0 Å². The molecule has 2 amide bonds. The Hall–Kier alpha value is -3.00. The summed E-state index contributed by atoms with van der Waals surface area (Å²) in [7, 11) is 1.63. The highest BCUT2D eigenvalue weighted by Crippen LogP contribution is 2.26. The van der Waals surface area contributed by atoms with Gasteiger partial charge in [0.15, 0.2) is 0 Å². The Morgan fingerprint density at radius 1 is 1.12 bits per heavy atom. The molecule has 0 bridgehead atoms. The minimum Gasteiger partial charge on any atom is -0.350 e. The highest BCUT2D eigenvalue weighted by atomic mass is 32.1. The highest BCUT2D eigenvalue weighted by Gasteiger charge is 2.18. The van der Waals surface area contributed by atoms with Gasteiger partial charge in [-0.25, -0.2) is 4.98 Å². The molecule has 0 aliphatic heterocycles. The van der Waals surface area contributed by atoms with Crippen LogP contribution in [0.5, 0.6) is 0 Å². The largest absolute Gasteiger partial charge is 0.350 e. The van der Waals surface area contributed by atoms with Gasteiger partial charge in [0.05, 0.1) is 16.6 Å². The SMILES string of the molecule is Cc1c(C(=O)NCCNC(=O)c2ccccc2)sc2ncn(C)c(=O)c12. The smallest absolute Gasteiger partial charge is 0.262 e. The predicted octanol–water partition coefficient (Wildman–Crippen LogP) is 1.46. The first-order chi connectivity index (χ1) is 12.5. The van der Waals surface area contributed by atoms with E-state index in [2.05, 4.69) is 15.6 Å². The van der Waals surface area contributed by atoms with Crippen LogP contribution in [0.1, 0.15) is 25.6 Å². The van der Waals surface area contributed by atoms with E-state index in [0.29, 0.717) is 32.8 Å². The second kappa shape index (κ2) is 7.49. The summed E-state index contributed by atoms with van der Waals surface area (Å²) < 4.78 is 1.39. The van der Waals surface area contributed by atoms with Crippen molar-refractivity contribution in [3.8, 4) is 0 Å². The lowest BCUT2D eigenvalue weighted by Gasteiger charge is -2.07. The van der Waals surface area contributed by atoms with Gasteiger partial charge in [-0.2, -0.15) is 0 Å². The molecule has 3 aromatic rings. The van der Waals surface area contributed by atoms with E-state index in [-0.39, 0.29) is 23.9 Å². The summed E-state index contributed by atoms with van der Waals surface area (Å²) in [5, 5.41) is 5.98. The summed E-state index contributed by atoms with van der Waals surface area (Å²) in [6.07, 6.45) is 1.45. The molecule has 0 fully saturated rings. The van der Waals surface area contributed by atoms with Gasteiger partial charge < -0.3 is 15.2 Å². The average Bonchev–Trinajstić information content (AvgIpc) is 2.99. The second-order valence-corrected chi connectivity index (χ2v) is 6.77. The van der Waals surface area contributed by atoms with E-state index in [4.69, 9.17) is 0 Å². The van der Waals surface area contributed by atoms with Gasteiger partial charge >= 0.3 is 0 Å². The zero-order valence-corrected chi connectivity index (χ0v) is 15.2. The van der Waals surface area contributed by atoms with Gasteiger partial charge in [-0.3, -0.25) is 14.4 Å². The fourth-order valence-corrected chi connectivity index (χ4v) is 3.61. The van der Waals surface area contributed by atoms with Crippen LogP contribution < -0.4 is 16.2 Å². The minimum absolute atomic E-state index is 0.169. The zero-order valence-electron chi connectivity index (χ0n) is 14.4. The Labute approximate surface area is 153 Å². The van der Waals surface area contributed by atoms with Gasteiger partial charge in [0, 0.05) is 25.7 Å². The van der Waals surface area contributed by atoms with Gasteiger partial charge in [-0.1, -0.05) is 18.2 Å². The predicted molar refractivity (Wildman–Crippen MR) is 101 cm³/mol. The van der Waals surface area contributed by atoms with Crippen LogP contribution in [0.2, 0.25) is 0 Å². The van der Waals surface area contributed by atoms with E-state index in [1.54, 1.807) is 38.2 Å². The molecule has 0 spiro atoms. The second-order valence-electron chi connectivity index (χ2n) is 5.77. The van der Waals surface area contributed by atoms with Crippen LogP contribution in [-0.4, -0.2) is 34.5 Å². The Morgan fingerprint density at radius 2 is 1.77 bits per heavy atom. The molecule has 1 aromatic carbocycles. The van der Waals surface area contributed by atoms with Crippen LogP contribution in [-0.2, 0) is 7.05 Å². The molecule has 7 nitrogen and oxygen atoms in total. The topological polar surface area (TPSA) is 93.1 Å². The molecule has 134 valence electrons. The van der Waals surface area contributed by atoms with Gasteiger partial charge in [0.25, 0.3) is 17.4 Å². The molecule has 0 saturated heterocycles. The first kappa shape index (κ1) is 17.8. The maximum Gasteiger partial charge on any atom is 0.262 e. The van der Waals surface area contributed by atoms with Crippen molar-refractivity contribution in [2.75, 3.05) is 13.1 Å². The third kappa shape index (κ3) is 3.50. The summed E-state index contributed by atoms with van der Waals surface area (Å²) in [4.78, 5) is 41.8. The van der Waals surface area contributed by atoms with Gasteiger partial charge in [-0.15, -0.1) is 11.3 Å². The molecule has 2 heterocycles. The maximum absolute atomic E-state index is 12.4. The van der Waals surface area contributed by atoms with Gasteiger partial charge in [0.1, 0.15) is 4.83 Å². The quantitative estimate of drug-likeness (QED) is 0.665. The monoisotopic (exact) mass is 370 g/mol. The van der Waals surface area contributed by atoms with Crippen molar-refractivity contribution in [1.82, 2.24) is 20.2 Å². The molecule has 2 aromatic heterocycles. The summed E-state index contributed by atoms with van der Waals surface area (Å²) in [5.41, 5.74) is 1.03. The number of benzene rings is 1. The van der Waals surface area contributed by atoms with E-state index >= 15 is 0 Å².